The molecule has 0 spiro atoms. The Balaban J connectivity index is 1.32. The second-order valence-corrected chi connectivity index (χ2v) is 11.5. The first-order valence-electron chi connectivity index (χ1n) is 15.7. The molecule has 0 aliphatic carbocycles. The number of ether oxygens (including phenoxy) is 3. The summed E-state index contributed by atoms with van der Waals surface area (Å²) in [6.45, 7) is 5.88. The summed E-state index contributed by atoms with van der Waals surface area (Å²) in [7, 11) is 1.65. The maximum Gasteiger partial charge on any atom is 0.220 e. The predicted molar refractivity (Wildman–Crippen MR) is 178 cm³/mol. The Bertz CT molecular complexity index is 1680. The highest BCUT2D eigenvalue weighted by Gasteiger charge is 2.24. The molecule has 232 valence electrons. The van der Waals surface area contributed by atoms with Gasteiger partial charge in [0, 0.05) is 62.2 Å². The number of carbonyl (C=O) groups excluding carboxylic acids is 1. The number of methoxy groups -OCH3 is 1. The molecule has 5 aromatic rings. The number of carbonyl (C=O) groups is 1. The summed E-state index contributed by atoms with van der Waals surface area (Å²) in [6, 6.07) is 35.1. The highest BCUT2D eigenvalue weighted by molar-refractivity contribution is 5.87. The molecule has 1 N–H and O–H groups in total. The molecule has 1 atom stereocenters. The van der Waals surface area contributed by atoms with E-state index in [-0.39, 0.29) is 11.8 Å². The van der Waals surface area contributed by atoms with Crippen molar-refractivity contribution in [1.82, 2.24) is 14.8 Å². The molecule has 6 rings (SSSR count). The number of hydrogen-bond acceptors (Lipinski definition) is 5. The molecule has 0 bridgehead atoms. The Labute approximate surface area is 265 Å². The smallest absolute Gasteiger partial charge is 0.220 e. The van der Waals surface area contributed by atoms with E-state index in [1.165, 1.54) is 5.56 Å². The Morgan fingerprint density at radius 1 is 0.867 bits per heavy atom. The van der Waals surface area contributed by atoms with Crippen molar-refractivity contribution in [2.24, 2.45) is 0 Å². The quantitative estimate of drug-likeness (QED) is 0.172. The summed E-state index contributed by atoms with van der Waals surface area (Å²) in [5.74, 6) is 1.15. The van der Waals surface area contributed by atoms with E-state index in [1.807, 2.05) is 48.5 Å². The molecular formula is C38H41N3O4. The maximum atomic E-state index is 13.6. The van der Waals surface area contributed by atoms with Crippen LogP contribution in [-0.2, 0) is 22.7 Å². The fourth-order valence-corrected chi connectivity index (χ4v) is 6.07. The Morgan fingerprint density at radius 3 is 2.33 bits per heavy atom. The van der Waals surface area contributed by atoms with Gasteiger partial charge in [0.15, 0.2) is 11.5 Å². The predicted octanol–water partition coefficient (Wildman–Crippen LogP) is 6.25. The van der Waals surface area contributed by atoms with Crippen LogP contribution < -0.4 is 14.8 Å². The standard InChI is InChI=1S/C38H41N3O4/c1-43-36-17-16-31(24-37(36)45-28-30-12-6-3-7-13-30)33(25-38(42)39-18-19-40-20-22-44-23-21-40)34-27-41(26-29-10-4-2-5-11-29)35-15-9-8-14-32(34)35/h2-17,24,27,33H,18-23,25-26,28H2,1H3,(H,39,42). The topological polar surface area (TPSA) is 65.0 Å². The average Bonchev–Trinajstić information content (AvgIpc) is 3.45. The first-order valence-corrected chi connectivity index (χ1v) is 15.7. The van der Waals surface area contributed by atoms with Gasteiger partial charge in [0.25, 0.3) is 0 Å². The number of morpholine rings is 1. The van der Waals surface area contributed by atoms with E-state index in [2.05, 4.69) is 75.6 Å². The van der Waals surface area contributed by atoms with Crippen molar-refractivity contribution in [1.29, 1.82) is 0 Å². The van der Waals surface area contributed by atoms with Gasteiger partial charge < -0.3 is 24.1 Å². The number of fused-ring (bicyclic) bond motifs is 1. The molecule has 4 aromatic carbocycles. The van der Waals surface area contributed by atoms with E-state index in [4.69, 9.17) is 14.2 Å². The average molecular weight is 604 g/mol. The van der Waals surface area contributed by atoms with Gasteiger partial charge in [-0.15, -0.1) is 0 Å². The van der Waals surface area contributed by atoms with E-state index in [0.29, 0.717) is 31.1 Å². The molecule has 7 heteroatoms. The van der Waals surface area contributed by atoms with Crippen molar-refractivity contribution in [3.05, 3.63) is 132 Å². The van der Waals surface area contributed by atoms with Crippen molar-refractivity contribution < 1.29 is 19.0 Å². The molecule has 1 aliphatic rings. The lowest BCUT2D eigenvalue weighted by molar-refractivity contribution is -0.121. The lowest BCUT2D eigenvalue weighted by Gasteiger charge is -2.26. The fourth-order valence-electron chi connectivity index (χ4n) is 6.07. The summed E-state index contributed by atoms with van der Waals surface area (Å²) in [6.07, 6.45) is 2.53. The van der Waals surface area contributed by atoms with Crippen LogP contribution in [0.3, 0.4) is 0 Å². The van der Waals surface area contributed by atoms with Crippen LogP contribution in [0.1, 0.15) is 34.6 Å². The zero-order chi connectivity index (χ0) is 30.8. The lowest BCUT2D eigenvalue weighted by Crippen LogP contribution is -2.41. The summed E-state index contributed by atoms with van der Waals surface area (Å²) in [5, 5.41) is 4.34. The number of para-hydroxylation sites is 1. The SMILES string of the molecule is COc1ccc(C(CC(=O)NCCN2CCOCC2)c2cn(Cc3ccccc3)c3ccccc23)cc1OCc1ccccc1. The van der Waals surface area contributed by atoms with Gasteiger partial charge in [0.1, 0.15) is 6.61 Å². The molecule has 1 aliphatic heterocycles. The van der Waals surface area contributed by atoms with Crippen LogP contribution in [0.5, 0.6) is 11.5 Å². The number of amides is 1. The van der Waals surface area contributed by atoms with Gasteiger partial charge in [-0.1, -0.05) is 84.9 Å². The van der Waals surface area contributed by atoms with Crippen LogP contribution in [0, 0.1) is 0 Å². The van der Waals surface area contributed by atoms with Gasteiger partial charge in [0.05, 0.1) is 20.3 Å². The Morgan fingerprint density at radius 2 is 1.58 bits per heavy atom. The molecule has 1 aromatic heterocycles. The number of benzene rings is 4. The zero-order valence-electron chi connectivity index (χ0n) is 25.9. The number of nitrogens with one attached hydrogen (secondary N) is 1. The third-order valence-electron chi connectivity index (χ3n) is 8.46. The molecule has 0 saturated carbocycles. The third-order valence-corrected chi connectivity index (χ3v) is 8.46. The van der Waals surface area contributed by atoms with E-state index >= 15 is 0 Å². The normalized spacial score (nSPS) is 14.2. The maximum absolute atomic E-state index is 13.6. The molecule has 1 amide bonds. The number of hydrogen-bond donors (Lipinski definition) is 1. The van der Waals surface area contributed by atoms with Crippen LogP contribution in [0.25, 0.3) is 10.9 Å². The molecular weight excluding hydrogens is 562 g/mol. The minimum atomic E-state index is -0.194. The lowest BCUT2D eigenvalue weighted by atomic mass is 9.87. The summed E-state index contributed by atoms with van der Waals surface area (Å²) >= 11 is 0. The van der Waals surface area contributed by atoms with Crippen molar-refractivity contribution in [3.8, 4) is 11.5 Å². The number of nitrogens with zero attached hydrogens (tertiary/aromatic N) is 2. The summed E-state index contributed by atoms with van der Waals surface area (Å²) < 4.78 is 19.7. The summed E-state index contributed by atoms with van der Waals surface area (Å²) in [4.78, 5) is 15.9. The fraction of sp³-hybridized carbons (Fsp3) is 0.289. The first-order chi connectivity index (χ1) is 22.2. The summed E-state index contributed by atoms with van der Waals surface area (Å²) in [5.41, 5.74) is 5.56. The largest absolute Gasteiger partial charge is 0.493 e. The molecule has 1 unspecified atom stereocenters. The van der Waals surface area contributed by atoms with Gasteiger partial charge in [-0.05, 0) is 40.5 Å². The van der Waals surface area contributed by atoms with Crippen LogP contribution in [0.4, 0.5) is 0 Å². The molecule has 45 heavy (non-hydrogen) atoms. The minimum Gasteiger partial charge on any atom is -0.493 e. The van der Waals surface area contributed by atoms with Crippen LogP contribution >= 0.6 is 0 Å². The Hall–Kier alpha value is -4.59. The van der Waals surface area contributed by atoms with Crippen LogP contribution in [0.15, 0.2) is 109 Å². The van der Waals surface area contributed by atoms with Gasteiger partial charge in [-0.3, -0.25) is 9.69 Å². The highest BCUT2D eigenvalue weighted by Crippen LogP contribution is 2.39. The van der Waals surface area contributed by atoms with Gasteiger partial charge >= 0.3 is 0 Å². The van der Waals surface area contributed by atoms with Crippen molar-refractivity contribution in [2.75, 3.05) is 46.5 Å². The molecule has 0 radical (unpaired) electrons. The van der Waals surface area contributed by atoms with E-state index in [9.17, 15) is 4.79 Å². The molecule has 1 fully saturated rings. The zero-order valence-corrected chi connectivity index (χ0v) is 25.9. The van der Waals surface area contributed by atoms with E-state index in [0.717, 1.165) is 67.0 Å². The third kappa shape index (κ3) is 7.74. The Kier molecular flexibility index (Phi) is 10.1. The van der Waals surface area contributed by atoms with Gasteiger partial charge in [-0.2, -0.15) is 0 Å². The van der Waals surface area contributed by atoms with Crippen molar-refractivity contribution >= 4 is 16.8 Å². The van der Waals surface area contributed by atoms with Crippen molar-refractivity contribution in [2.45, 2.75) is 25.5 Å². The monoisotopic (exact) mass is 603 g/mol. The van der Waals surface area contributed by atoms with E-state index < -0.39 is 0 Å². The van der Waals surface area contributed by atoms with Crippen LogP contribution in [0.2, 0.25) is 0 Å². The number of rotatable bonds is 13. The van der Waals surface area contributed by atoms with Gasteiger partial charge in [0.2, 0.25) is 5.91 Å². The minimum absolute atomic E-state index is 0.0238. The number of aromatic nitrogens is 1. The first kappa shape index (κ1) is 30.4. The molecule has 7 nitrogen and oxygen atoms in total. The highest BCUT2D eigenvalue weighted by atomic mass is 16.5. The van der Waals surface area contributed by atoms with Gasteiger partial charge in [-0.25, -0.2) is 0 Å². The molecule has 1 saturated heterocycles. The van der Waals surface area contributed by atoms with Crippen molar-refractivity contribution in [3.63, 3.8) is 0 Å². The van der Waals surface area contributed by atoms with E-state index in [1.54, 1.807) is 7.11 Å². The molecule has 2 heterocycles. The second kappa shape index (κ2) is 14.9. The second-order valence-electron chi connectivity index (χ2n) is 11.5. The van der Waals surface area contributed by atoms with Crippen LogP contribution in [-0.4, -0.2) is 61.9 Å².